The van der Waals surface area contributed by atoms with Gasteiger partial charge in [0.25, 0.3) is 5.91 Å². The van der Waals surface area contributed by atoms with Gasteiger partial charge in [0.05, 0.1) is 6.61 Å². The quantitative estimate of drug-likeness (QED) is 0.452. The molecule has 0 aliphatic carbocycles. The Bertz CT molecular complexity index is 446. The number of benzene rings is 1. The predicted octanol–water partition coefficient (Wildman–Crippen LogP) is 2.09. The summed E-state index contributed by atoms with van der Waals surface area (Å²) in [5, 5.41) is 8.87. The zero-order valence-electron chi connectivity index (χ0n) is 9.88. The molecular formula is C13H14N2O2. The Balaban J connectivity index is 2.86. The van der Waals surface area contributed by atoms with E-state index < -0.39 is 0 Å². The maximum absolute atomic E-state index is 11.9. The van der Waals surface area contributed by atoms with Gasteiger partial charge in [0, 0.05) is 12.7 Å². The number of para-hydroxylation sites is 1. The molecule has 0 N–H and O–H groups in total. The van der Waals surface area contributed by atoms with Crippen molar-refractivity contribution in [2.45, 2.75) is 6.92 Å². The molecule has 1 rings (SSSR count). The Morgan fingerprint density at radius 2 is 2.12 bits per heavy atom. The van der Waals surface area contributed by atoms with Crippen LogP contribution < -0.4 is 4.90 Å². The van der Waals surface area contributed by atoms with Gasteiger partial charge in [-0.1, -0.05) is 18.2 Å². The second-order valence-electron chi connectivity index (χ2n) is 3.30. The summed E-state index contributed by atoms with van der Waals surface area (Å²) in [4.78, 5) is 13.3. The number of carbonyl (C=O) groups excluding carboxylic acids is 1. The fourth-order valence-electron chi connectivity index (χ4n) is 1.24. The van der Waals surface area contributed by atoms with E-state index in [1.165, 1.54) is 11.2 Å². The highest BCUT2D eigenvalue weighted by Gasteiger charge is 2.16. The van der Waals surface area contributed by atoms with E-state index in [0.29, 0.717) is 6.61 Å². The average molecular weight is 230 g/mol. The summed E-state index contributed by atoms with van der Waals surface area (Å²) in [6, 6.07) is 11.0. The standard InChI is InChI=1S/C13H14N2O2/c1-3-17-10-11(9-14)13(16)15(2)12-7-5-4-6-8-12/h4-8,10H,3H2,1-2H3/b11-10+. The Hall–Kier alpha value is -2.28. The highest BCUT2D eigenvalue weighted by Crippen LogP contribution is 2.13. The number of amides is 1. The summed E-state index contributed by atoms with van der Waals surface area (Å²) in [5.41, 5.74) is 0.716. The van der Waals surface area contributed by atoms with Crippen molar-refractivity contribution in [1.82, 2.24) is 0 Å². The fraction of sp³-hybridized carbons (Fsp3) is 0.231. The molecule has 0 radical (unpaired) electrons. The van der Waals surface area contributed by atoms with Crippen LogP contribution in [0.25, 0.3) is 0 Å². The van der Waals surface area contributed by atoms with E-state index in [-0.39, 0.29) is 11.5 Å². The molecule has 17 heavy (non-hydrogen) atoms. The number of anilines is 1. The first-order valence-electron chi connectivity index (χ1n) is 5.25. The van der Waals surface area contributed by atoms with Crippen molar-refractivity contribution in [3.05, 3.63) is 42.2 Å². The Kier molecular flexibility index (Phi) is 4.77. The molecule has 4 heteroatoms. The SMILES string of the molecule is CCO/C=C(\C#N)C(=O)N(C)c1ccccc1. The van der Waals surface area contributed by atoms with E-state index in [1.54, 1.807) is 26.1 Å². The lowest BCUT2D eigenvalue weighted by molar-refractivity contribution is -0.114. The van der Waals surface area contributed by atoms with Crippen molar-refractivity contribution < 1.29 is 9.53 Å². The van der Waals surface area contributed by atoms with E-state index in [0.717, 1.165) is 5.69 Å². The monoisotopic (exact) mass is 230 g/mol. The lowest BCUT2D eigenvalue weighted by Gasteiger charge is -2.16. The van der Waals surface area contributed by atoms with Crippen LogP contribution in [0.2, 0.25) is 0 Å². The molecule has 0 spiro atoms. The fourth-order valence-corrected chi connectivity index (χ4v) is 1.24. The van der Waals surface area contributed by atoms with Gasteiger partial charge in [-0.25, -0.2) is 0 Å². The van der Waals surface area contributed by atoms with Gasteiger partial charge in [0.2, 0.25) is 0 Å². The van der Waals surface area contributed by atoms with Crippen LogP contribution in [-0.4, -0.2) is 19.6 Å². The molecule has 0 saturated carbocycles. The molecule has 1 amide bonds. The molecule has 0 saturated heterocycles. The van der Waals surface area contributed by atoms with Crippen LogP contribution in [0.3, 0.4) is 0 Å². The first-order valence-corrected chi connectivity index (χ1v) is 5.25. The number of hydrogen-bond acceptors (Lipinski definition) is 3. The van der Waals surface area contributed by atoms with Gasteiger partial charge in [0.1, 0.15) is 12.3 Å². The van der Waals surface area contributed by atoms with Crippen molar-refractivity contribution in [2.75, 3.05) is 18.6 Å². The first-order chi connectivity index (χ1) is 8.20. The number of nitrogens with zero attached hydrogens (tertiary/aromatic N) is 2. The second kappa shape index (κ2) is 6.33. The summed E-state index contributed by atoms with van der Waals surface area (Å²) in [6.45, 7) is 2.21. The molecular weight excluding hydrogens is 216 g/mol. The Labute approximate surface area is 101 Å². The van der Waals surface area contributed by atoms with Crippen LogP contribution in [0.4, 0.5) is 5.69 Å². The van der Waals surface area contributed by atoms with Crippen molar-refractivity contribution in [3.63, 3.8) is 0 Å². The van der Waals surface area contributed by atoms with Gasteiger partial charge in [0.15, 0.2) is 5.57 Å². The summed E-state index contributed by atoms with van der Waals surface area (Å²) in [6.07, 6.45) is 1.20. The normalized spacial score (nSPS) is 10.5. The molecule has 0 aromatic heterocycles. The van der Waals surface area contributed by atoms with Crippen molar-refractivity contribution in [1.29, 1.82) is 5.26 Å². The van der Waals surface area contributed by atoms with Gasteiger partial charge in [-0.05, 0) is 19.1 Å². The topological polar surface area (TPSA) is 53.3 Å². The summed E-state index contributed by atoms with van der Waals surface area (Å²) in [5.74, 6) is -0.382. The zero-order valence-corrected chi connectivity index (χ0v) is 9.88. The minimum atomic E-state index is -0.382. The van der Waals surface area contributed by atoms with Crippen LogP contribution in [0.5, 0.6) is 0 Å². The molecule has 0 bridgehead atoms. The van der Waals surface area contributed by atoms with Gasteiger partial charge in [-0.2, -0.15) is 5.26 Å². The smallest absolute Gasteiger partial charge is 0.271 e. The summed E-state index contributed by atoms with van der Waals surface area (Å²) in [7, 11) is 1.62. The lowest BCUT2D eigenvalue weighted by Crippen LogP contribution is -2.27. The Morgan fingerprint density at radius 1 is 1.47 bits per heavy atom. The van der Waals surface area contributed by atoms with Crippen LogP contribution in [0.15, 0.2) is 42.2 Å². The number of carbonyl (C=O) groups is 1. The van der Waals surface area contributed by atoms with E-state index in [2.05, 4.69) is 0 Å². The minimum absolute atomic E-state index is 0.0156. The molecule has 0 atom stereocenters. The molecule has 0 fully saturated rings. The highest BCUT2D eigenvalue weighted by atomic mass is 16.5. The number of nitriles is 1. The lowest BCUT2D eigenvalue weighted by atomic mass is 10.2. The van der Waals surface area contributed by atoms with Crippen molar-refractivity contribution in [2.24, 2.45) is 0 Å². The van der Waals surface area contributed by atoms with E-state index >= 15 is 0 Å². The van der Waals surface area contributed by atoms with Crippen molar-refractivity contribution >= 4 is 11.6 Å². The summed E-state index contributed by atoms with van der Waals surface area (Å²) < 4.78 is 4.96. The van der Waals surface area contributed by atoms with E-state index in [9.17, 15) is 4.79 Å². The number of likely N-dealkylation sites (N-methyl/N-ethyl adjacent to an activating group) is 1. The predicted molar refractivity (Wildman–Crippen MR) is 65.2 cm³/mol. The van der Waals surface area contributed by atoms with Crippen LogP contribution in [0.1, 0.15) is 6.92 Å². The molecule has 0 aliphatic rings. The van der Waals surface area contributed by atoms with E-state index in [1.807, 2.05) is 24.3 Å². The molecule has 0 unspecified atom stereocenters. The molecule has 1 aromatic rings. The maximum atomic E-state index is 11.9. The van der Waals surface area contributed by atoms with Gasteiger partial charge in [-0.3, -0.25) is 4.79 Å². The molecule has 1 aromatic carbocycles. The van der Waals surface area contributed by atoms with Gasteiger partial charge >= 0.3 is 0 Å². The van der Waals surface area contributed by atoms with E-state index in [4.69, 9.17) is 10.00 Å². The van der Waals surface area contributed by atoms with Crippen LogP contribution >= 0.6 is 0 Å². The molecule has 0 heterocycles. The molecule has 0 aliphatic heterocycles. The zero-order chi connectivity index (χ0) is 12.7. The number of rotatable bonds is 4. The van der Waals surface area contributed by atoms with Crippen molar-refractivity contribution in [3.8, 4) is 6.07 Å². The number of ether oxygens (including phenoxy) is 1. The van der Waals surface area contributed by atoms with Gasteiger partial charge < -0.3 is 9.64 Å². The third-order valence-electron chi connectivity index (χ3n) is 2.17. The molecule has 88 valence electrons. The van der Waals surface area contributed by atoms with Crippen LogP contribution in [-0.2, 0) is 9.53 Å². The number of hydrogen-bond donors (Lipinski definition) is 0. The third-order valence-corrected chi connectivity index (χ3v) is 2.17. The third kappa shape index (κ3) is 3.35. The highest BCUT2D eigenvalue weighted by molar-refractivity contribution is 6.07. The average Bonchev–Trinajstić information content (AvgIpc) is 2.39. The van der Waals surface area contributed by atoms with Crippen LogP contribution in [0, 0.1) is 11.3 Å². The first kappa shape index (κ1) is 12.8. The largest absolute Gasteiger partial charge is 0.500 e. The summed E-state index contributed by atoms with van der Waals surface area (Å²) >= 11 is 0. The Morgan fingerprint density at radius 3 is 2.65 bits per heavy atom. The minimum Gasteiger partial charge on any atom is -0.500 e. The second-order valence-corrected chi connectivity index (χ2v) is 3.30. The van der Waals surface area contributed by atoms with Gasteiger partial charge in [-0.15, -0.1) is 0 Å². The maximum Gasteiger partial charge on any atom is 0.271 e. The molecule has 4 nitrogen and oxygen atoms in total.